The zero-order valence-electron chi connectivity index (χ0n) is 17.8. The molecule has 0 radical (unpaired) electrons. The SMILES string of the molecule is CC(C)(C)OC(=O)[C@@H]1CCCc2nn(CC3(c4ccc(C(F)(F)F)cc4)CC3)c(=O)n21. The van der Waals surface area contributed by atoms with Crippen LogP contribution >= 0.6 is 0 Å². The number of carbonyl (C=O) groups is 1. The third-order valence-electron chi connectivity index (χ3n) is 5.94. The molecule has 1 aliphatic heterocycles. The number of carbonyl (C=O) groups excluding carboxylic acids is 1. The lowest BCUT2D eigenvalue weighted by Crippen LogP contribution is -2.38. The maximum atomic E-state index is 13.1. The number of hydrogen-bond acceptors (Lipinski definition) is 4. The third kappa shape index (κ3) is 4.27. The van der Waals surface area contributed by atoms with E-state index in [2.05, 4.69) is 5.10 Å². The summed E-state index contributed by atoms with van der Waals surface area (Å²) in [4.78, 5) is 25.8. The molecule has 2 aromatic rings. The molecule has 1 aliphatic carbocycles. The molecule has 0 saturated heterocycles. The van der Waals surface area contributed by atoms with E-state index in [1.807, 2.05) is 0 Å². The average molecular weight is 437 g/mol. The zero-order valence-corrected chi connectivity index (χ0v) is 17.8. The molecule has 1 aromatic heterocycles. The first-order chi connectivity index (χ1) is 14.4. The van der Waals surface area contributed by atoms with Gasteiger partial charge in [0.25, 0.3) is 0 Å². The van der Waals surface area contributed by atoms with Crippen LogP contribution in [-0.4, -0.2) is 25.9 Å². The number of halogens is 3. The fourth-order valence-electron chi connectivity index (χ4n) is 4.22. The van der Waals surface area contributed by atoms with Gasteiger partial charge in [-0.3, -0.25) is 4.57 Å². The van der Waals surface area contributed by atoms with E-state index >= 15 is 0 Å². The Morgan fingerprint density at radius 1 is 1.19 bits per heavy atom. The molecule has 1 saturated carbocycles. The van der Waals surface area contributed by atoms with Gasteiger partial charge in [-0.1, -0.05) is 12.1 Å². The molecule has 1 aromatic carbocycles. The van der Waals surface area contributed by atoms with E-state index in [-0.39, 0.29) is 12.2 Å². The van der Waals surface area contributed by atoms with Crippen molar-refractivity contribution in [3.8, 4) is 0 Å². The molecule has 6 nitrogen and oxygen atoms in total. The first kappa shape index (κ1) is 21.6. The van der Waals surface area contributed by atoms with Crippen molar-refractivity contribution in [2.24, 2.45) is 0 Å². The van der Waals surface area contributed by atoms with Gasteiger partial charge in [-0.25, -0.2) is 14.3 Å². The number of aromatic nitrogens is 3. The highest BCUT2D eigenvalue weighted by Crippen LogP contribution is 2.49. The topological polar surface area (TPSA) is 66.1 Å². The van der Waals surface area contributed by atoms with E-state index in [4.69, 9.17) is 4.74 Å². The van der Waals surface area contributed by atoms with E-state index in [1.165, 1.54) is 21.4 Å². The molecule has 0 spiro atoms. The van der Waals surface area contributed by atoms with E-state index in [9.17, 15) is 22.8 Å². The van der Waals surface area contributed by atoms with Crippen LogP contribution in [0, 0.1) is 0 Å². The highest BCUT2D eigenvalue weighted by atomic mass is 19.4. The summed E-state index contributed by atoms with van der Waals surface area (Å²) in [7, 11) is 0. The maximum Gasteiger partial charge on any atom is 0.416 e. The minimum atomic E-state index is -4.38. The second-order valence-electron chi connectivity index (χ2n) is 9.52. The number of aryl methyl sites for hydroxylation is 1. The summed E-state index contributed by atoms with van der Waals surface area (Å²) >= 11 is 0. The second-order valence-corrected chi connectivity index (χ2v) is 9.52. The lowest BCUT2D eigenvalue weighted by molar-refractivity contribution is -0.159. The predicted molar refractivity (Wildman–Crippen MR) is 107 cm³/mol. The largest absolute Gasteiger partial charge is 0.458 e. The van der Waals surface area contributed by atoms with Gasteiger partial charge in [0.05, 0.1) is 12.1 Å². The zero-order chi connectivity index (χ0) is 22.6. The van der Waals surface area contributed by atoms with Crippen LogP contribution in [0.1, 0.15) is 69.4 Å². The molecule has 0 amide bonds. The Bertz CT molecular complexity index is 1040. The Kier molecular flexibility index (Phi) is 5.05. The Labute approximate surface area is 178 Å². The monoisotopic (exact) mass is 437 g/mol. The molecule has 9 heteroatoms. The molecule has 31 heavy (non-hydrogen) atoms. The van der Waals surface area contributed by atoms with Crippen molar-refractivity contribution in [3.63, 3.8) is 0 Å². The van der Waals surface area contributed by atoms with Crippen LogP contribution in [0.4, 0.5) is 13.2 Å². The van der Waals surface area contributed by atoms with Gasteiger partial charge in [-0.15, -0.1) is 0 Å². The van der Waals surface area contributed by atoms with Crippen LogP contribution in [0.2, 0.25) is 0 Å². The number of ether oxygens (including phenoxy) is 1. The number of esters is 1. The van der Waals surface area contributed by atoms with Crippen LogP contribution in [0.15, 0.2) is 29.1 Å². The Morgan fingerprint density at radius 3 is 2.39 bits per heavy atom. The van der Waals surface area contributed by atoms with E-state index in [0.29, 0.717) is 18.7 Å². The van der Waals surface area contributed by atoms with Crippen molar-refractivity contribution >= 4 is 5.97 Å². The molecule has 1 atom stereocenters. The van der Waals surface area contributed by atoms with Crippen molar-refractivity contribution < 1.29 is 22.7 Å². The number of fused-ring (bicyclic) bond motifs is 1. The molecule has 2 aliphatic rings. The number of rotatable bonds is 4. The number of nitrogens with zero attached hydrogens (tertiary/aromatic N) is 3. The lowest BCUT2D eigenvalue weighted by atomic mass is 9.95. The van der Waals surface area contributed by atoms with Crippen molar-refractivity contribution in [2.45, 2.75) is 82.7 Å². The van der Waals surface area contributed by atoms with Gasteiger partial charge in [0.15, 0.2) is 0 Å². The average Bonchev–Trinajstić information content (AvgIpc) is 3.38. The smallest absolute Gasteiger partial charge is 0.416 e. The summed E-state index contributed by atoms with van der Waals surface area (Å²) in [6, 6.07) is 4.43. The third-order valence-corrected chi connectivity index (χ3v) is 5.94. The number of hydrogen-bond donors (Lipinski definition) is 0. The summed E-state index contributed by atoms with van der Waals surface area (Å²) in [6.07, 6.45) is -1.02. The number of benzene rings is 1. The van der Waals surface area contributed by atoms with Gasteiger partial charge in [-0.05, 0) is 64.2 Å². The Balaban J connectivity index is 1.60. The highest BCUT2D eigenvalue weighted by molar-refractivity contribution is 5.74. The first-order valence-corrected chi connectivity index (χ1v) is 10.5. The van der Waals surface area contributed by atoms with Gasteiger partial charge in [0.1, 0.15) is 17.5 Å². The van der Waals surface area contributed by atoms with Crippen molar-refractivity contribution in [1.29, 1.82) is 0 Å². The van der Waals surface area contributed by atoms with Gasteiger partial charge in [-0.2, -0.15) is 18.3 Å². The molecule has 168 valence electrons. The van der Waals surface area contributed by atoms with Crippen LogP contribution in [0.3, 0.4) is 0 Å². The number of alkyl halides is 3. The normalized spacial score (nSPS) is 20.3. The van der Waals surface area contributed by atoms with Gasteiger partial charge >= 0.3 is 17.8 Å². The van der Waals surface area contributed by atoms with Crippen molar-refractivity contribution in [2.75, 3.05) is 0 Å². The Morgan fingerprint density at radius 2 is 1.84 bits per heavy atom. The van der Waals surface area contributed by atoms with Gasteiger partial charge in [0, 0.05) is 11.8 Å². The molecule has 0 N–H and O–H groups in total. The standard InChI is InChI=1S/C22H26F3N3O3/c1-20(2,3)31-18(29)16-5-4-6-17-26-27(19(30)28(16)17)13-21(11-12-21)14-7-9-15(10-8-14)22(23,24)25/h7-10,16H,4-6,11-13H2,1-3H3/t16-/m0/s1. The first-order valence-electron chi connectivity index (χ1n) is 10.5. The highest BCUT2D eigenvalue weighted by Gasteiger charge is 2.46. The summed E-state index contributed by atoms with van der Waals surface area (Å²) in [6.45, 7) is 5.61. The lowest BCUT2D eigenvalue weighted by Gasteiger charge is -2.26. The maximum absolute atomic E-state index is 13.1. The summed E-state index contributed by atoms with van der Waals surface area (Å²) < 4.78 is 46.9. The van der Waals surface area contributed by atoms with E-state index in [1.54, 1.807) is 20.8 Å². The van der Waals surface area contributed by atoms with Gasteiger partial charge < -0.3 is 4.74 Å². The summed E-state index contributed by atoms with van der Waals surface area (Å²) in [5, 5.41) is 4.47. The van der Waals surface area contributed by atoms with E-state index < -0.39 is 34.8 Å². The van der Waals surface area contributed by atoms with E-state index in [0.717, 1.165) is 37.0 Å². The minimum absolute atomic E-state index is 0.276. The minimum Gasteiger partial charge on any atom is -0.458 e. The predicted octanol–water partition coefficient (Wildman–Crippen LogP) is 4.01. The quantitative estimate of drug-likeness (QED) is 0.678. The van der Waals surface area contributed by atoms with Crippen LogP contribution in [0.5, 0.6) is 0 Å². The van der Waals surface area contributed by atoms with Crippen molar-refractivity contribution in [3.05, 3.63) is 51.7 Å². The van der Waals surface area contributed by atoms with Crippen molar-refractivity contribution in [1.82, 2.24) is 14.3 Å². The second kappa shape index (κ2) is 7.24. The molecule has 4 rings (SSSR count). The molecule has 2 heterocycles. The van der Waals surface area contributed by atoms with Gasteiger partial charge in [0.2, 0.25) is 0 Å². The molecular weight excluding hydrogens is 411 g/mol. The van der Waals surface area contributed by atoms with Crippen LogP contribution < -0.4 is 5.69 Å². The molecule has 0 unspecified atom stereocenters. The van der Waals surface area contributed by atoms with Crippen LogP contribution in [0.25, 0.3) is 0 Å². The summed E-state index contributed by atoms with van der Waals surface area (Å²) in [5.74, 6) is 0.106. The molecule has 1 fully saturated rings. The summed E-state index contributed by atoms with van der Waals surface area (Å²) in [5.41, 5.74) is -1.36. The Hall–Kier alpha value is -2.58. The fraction of sp³-hybridized carbons (Fsp3) is 0.591. The molecule has 0 bridgehead atoms. The van der Waals surface area contributed by atoms with Crippen LogP contribution in [-0.2, 0) is 34.1 Å². The molecular formula is C22H26F3N3O3. The fourth-order valence-corrected chi connectivity index (χ4v) is 4.22.